The van der Waals surface area contributed by atoms with Gasteiger partial charge in [0.1, 0.15) is 24.1 Å². The van der Waals surface area contributed by atoms with E-state index in [0.29, 0.717) is 12.4 Å². The van der Waals surface area contributed by atoms with Gasteiger partial charge in [-0.25, -0.2) is 4.79 Å². The molecular weight excluding hydrogens is 454 g/mol. The summed E-state index contributed by atoms with van der Waals surface area (Å²) in [4.78, 5) is 16.9. The number of hydrogen-bond acceptors (Lipinski definition) is 7. The van der Waals surface area contributed by atoms with E-state index in [0.717, 1.165) is 0 Å². The molecule has 1 saturated heterocycles. The third-order valence-electron chi connectivity index (χ3n) is 7.57. The van der Waals surface area contributed by atoms with Crippen LogP contribution in [0.4, 0.5) is 5.82 Å². The molecule has 2 rings (SSSR count). The van der Waals surface area contributed by atoms with E-state index in [-0.39, 0.29) is 22.3 Å². The first-order chi connectivity index (χ1) is 14.9. The molecule has 33 heavy (non-hydrogen) atoms. The fraction of sp³-hybridized carbons (Fsp3) is 0.826. The second kappa shape index (κ2) is 9.90. The van der Waals surface area contributed by atoms with E-state index in [1.807, 2.05) is 0 Å². The molecule has 0 aromatic carbocycles. The quantitative estimate of drug-likeness (QED) is 0.523. The highest BCUT2D eigenvalue weighted by molar-refractivity contribution is 6.74. The predicted molar refractivity (Wildman–Crippen MR) is 138 cm³/mol. The molecule has 2 heterocycles. The zero-order chi connectivity index (χ0) is 25.4. The van der Waals surface area contributed by atoms with Crippen LogP contribution in [0.25, 0.3) is 0 Å². The van der Waals surface area contributed by atoms with Crippen LogP contribution in [0.1, 0.15) is 47.8 Å². The lowest BCUT2D eigenvalue weighted by molar-refractivity contribution is -0.0612. The van der Waals surface area contributed by atoms with E-state index >= 15 is 0 Å². The molecule has 0 aliphatic carbocycles. The monoisotopic (exact) mass is 499 g/mol. The Kier molecular flexibility index (Phi) is 8.46. The first-order valence-corrected chi connectivity index (χ1v) is 17.5. The van der Waals surface area contributed by atoms with E-state index in [4.69, 9.17) is 18.3 Å². The largest absolute Gasteiger partial charge is 0.414 e. The summed E-state index contributed by atoms with van der Waals surface area (Å²) < 4.78 is 27.2. The van der Waals surface area contributed by atoms with Crippen LogP contribution in [0.5, 0.6) is 0 Å². The Morgan fingerprint density at radius 3 is 2.09 bits per heavy atom. The van der Waals surface area contributed by atoms with Crippen molar-refractivity contribution in [2.24, 2.45) is 0 Å². The molecule has 0 unspecified atom stereocenters. The second-order valence-electron chi connectivity index (χ2n) is 11.9. The molecule has 0 bridgehead atoms. The number of aromatic nitrogens is 2. The fourth-order valence-electron chi connectivity index (χ4n) is 3.23. The van der Waals surface area contributed by atoms with Crippen LogP contribution in [-0.4, -0.2) is 65.3 Å². The Morgan fingerprint density at radius 2 is 1.64 bits per heavy atom. The Balaban J connectivity index is 2.43. The van der Waals surface area contributed by atoms with Crippen molar-refractivity contribution in [3.8, 4) is 0 Å². The summed E-state index contributed by atoms with van der Waals surface area (Å²) in [6.07, 6.45) is -0.144. The molecule has 0 saturated carbocycles. The van der Waals surface area contributed by atoms with Crippen molar-refractivity contribution >= 4 is 22.5 Å². The van der Waals surface area contributed by atoms with Crippen molar-refractivity contribution < 1.29 is 18.3 Å². The van der Waals surface area contributed by atoms with Gasteiger partial charge in [0.15, 0.2) is 22.9 Å². The zero-order valence-corrected chi connectivity index (χ0v) is 24.6. The van der Waals surface area contributed by atoms with Gasteiger partial charge in [0, 0.05) is 20.4 Å². The van der Waals surface area contributed by atoms with Gasteiger partial charge in [0.05, 0.1) is 6.61 Å². The lowest BCUT2D eigenvalue weighted by atomic mass is 10.1. The molecule has 0 spiro atoms. The van der Waals surface area contributed by atoms with Gasteiger partial charge in [-0.1, -0.05) is 41.5 Å². The predicted octanol–water partition coefficient (Wildman–Crippen LogP) is 4.61. The first kappa shape index (κ1) is 28.2. The van der Waals surface area contributed by atoms with Crippen molar-refractivity contribution in [2.45, 2.75) is 102 Å². The summed E-state index contributed by atoms with van der Waals surface area (Å²) in [5, 5.41) is 2.99. The average Bonchev–Trinajstić information content (AvgIpc) is 3.00. The standard InChI is InChI=1S/C23H45N3O5Si2/c1-22(2,3)32(9,10)29-15-16-18(31-33(11,12)23(4,5)6)19(28-8)20(30-16)26-14-13-17(24-7)25-21(26)27/h13-14,16,18-20H,15H2,1-12H3,(H,24,25,27)/t16-,18-,19-,20-/m1/s1. The SMILES string of the molecule is CNc1ccn([C@@H]2O[C@H](CO[Si](C)(C)C(C)(C)C)[C@@H](O[Si](C)(C)C(C)(C)C)[C@H]2OC)c(=O)n1. The van der Waals surface area contributed by atoms with Gasteiger partial charge in [0.25, 0.3) is 0 Å². The van der Waals surface area contributed by atoms with Crippen molar-refractivity contribution in [1.82, 2.24) is 9.55 Å². The van der Waals surface area contributed by atoms with Crippen molar-refractivity contribution in [2.75, 3.05) is 26.1 Å². The van der Waals surface area contributed by atoms with E-state index in [1.165, 1.54) is 4.57 Å². The van der Waals surface area contributed by atoms with Gasteiger partial charge >= 0.3 is 5.69 Å². The van der Waals surface area contributed by atoms with Crippen LogP contribution in [0, 0.1) is 0 Å². The van der Waals surface area contributed by atoms with Crippen LogP contribution >= 0.6 is 0 Å². The Bertz CT molecular complexity index is 861. The summed E-state index contributed by atoms with van der Waals surface area (Å²) in [5.74, 6) is 0.509. The lowest BCUT2D eigenvalue weighted by Crippen LogP contribution is -2.51. The molecule has 0 radical (unpaired) electrons. The van der Waals surface area contributed by atoms with Gasteiger partial charge < -0.3 is 23.6 Å². The van der Waals surface area contributed by atoms with E-state index in [9.17, 15) is 4.79 Å². The molecule has 8 nitrogen and oxygen atoms in total. The normalized spacial score (nSPS) is 24.8. The molecule has 10 heteroatoms. The minimum absolute atomic E-state index is 0.0149. The molecule has 1 aromatic heterocycles. The van der Waals surface area contributed by atoms with Crippen molar-refractivity contribution in [3.05, 3.63) is 22.7 Å². The smallest absolute Gasteiger partial charge is 0.351 e. The number of nitrogens with one attached hydrogen (secondary N) is 1. The van der Waals surface area contributed by atoms with Crippen LogP contribution < -0.4 is 11.0 Å². The maximum atomic E-state index is 12.8. The number of nitrogens with zero attached hydrogens (tertiary/aromatic N) is 2. The van der Waals surface area contributed by atoms with E-state index < -0.39 is 34.7 Å². The molecule has 4 atom stereocenters. The van der Waals surface area contributed by atoms with Crippen molar-refractivity contribution in [1.29, 1.82) is 0 Å². The molecule has 1 aromatic rings. The van der Waals surface area contributed by atoms with Crippen LogP contribution in [0.15, 0.2) is 17.1 Å². The summed E-state index contributed by atoms with van der Waals surface area (Å²) in [7, 11) is -0.797. The van der Waals surface area contributed by atoms with Crippen LogP contribution in [-0.2, 0) is 18.3 Å². The highest BCUT2D eigenvalue weighted by Gasteiger charge is 2.52. The number of rotatable bonds is 8. The molecule has 0 amide bonds. The minimum atomic E-state index is -2.16. The maximum absolute atomic E-state index is 12.8. The number of methoxy groups -OCH3 is 1. The van der Waals surface area contributed by atoms with E-state index in [2.05, 4.69) is 78.0 Å². The molecule has 1 aliphatic rings. The summed E-state index contributed by atoms with van der Waals surface area (Å²) in [6, 6.07) is 1.75. The minimum Gasteiger partial charge on any atom is -0.414 e. The van der Waals surface area contributed by atoms with Crippen LogP contribution in [0.2, 0.25) is 36.3 Å². The average molecular weight is 500 g/mol. The summed E-state index contributed by atoms with van der Waals surface area (Å²) in [5.41, 5.74) is -0.397. The molecule has 1 fully saturated rings. The zero-order valence-electron chi connectivity index (χ0n) is 22.6. The Morgan fingerprint density at radius 1 is 1.06 bits per heavy atom. The highest BCUT2D eigenvalue weighted by atomic mass is 28.4. The molecule has 1 N–H and O–H groups in total. The van der Waals surface area contributed by atoms with Gasteiger partial charge in [0.2, 0.25) is 0 Å². The lowest BCUT2D eigenvalue weighted by Gasteiger charge is -2.41. The van der Waals surface area contributed by atoms with Gasteiger partial charge in [-0.05, 0) is 42.3 Å². The molecule has 190 valence electrons. The molecular formula is C23H45N3O5Si2. The van der Waals surface area contributed by atoms with Gasteiger partial charge in [-0.3, -0.25) is 4.57 Å². The topological polar surface area (TPSA) is 83.8 Å². The molecule has 1 aliphatic heterocycles. The summed E-state index contributed by atoms with van der Waals surface area (Å²) >= 11 is 0. The first-order valence-electron chi connectivity index (χ1n) is 11.7. The fourth-order valence-corrected chi connectivity index (χ4v) is 5.56. The highest BCUT2D eigenvalue weighted by Crippen LogP contribution is 2.43. The summed E-state index contributed by atoms with van der Waals surface area (Å²) in [6.45, 7) is 22.5. The van der Waals surface area contributed by atoms with Crippen molar-refractivity contribution in [3.63, 3.8) is 0 Å². The Hall–Kier alpha value is -1.05. The van der Waals surface area contributed by atoms with Crippen LogP contribution in [0.3, 0.4) is 0 Å². The number of hydrogen-bond donors (Lipinski definition) is 1. The maximum Gasteiger partial charge on any atom is 0.351 e. The van der Waals surface area contributed by atoms with E-state index in [1.54, 1.807) is 26.4 Å². The van der Waals surface area contributed by atoms with Gasteiger partial charge in [-0.2, -0.15) is 4.98 Å². The Labute approximate surface area is 201 Å². The number of ether oxygens (including phenoxy) is 2. The third kappa shape index (κ3) is 6.15. The number of anilines is 1. The second-order valence-corrected chi connectivity index (χ2v) is 21.5. The van der Waals surface area contributed by atoms with Gasteiger partial charge in [-0.15, -0.1) is 0 Å². The third-order valence-corrected chi connectivity index (χ3v) is 16.5.